The molecule has 132 valence electrons. The highest BCUT2D eigenvalue weighted by atomic mass is 32.2. The maximum atomic E-state index is 11.9. The van der Waals surface area contributed by atoms with Gasteiger partial charge in [0.2, 0.25) is 0 Å². The summed E-state index contributed by atoms with van der Waals surface area (Å²) < 4.78 is 23.8. The number of unbranched alkanes of at least 4 members (excludes halogenated alkanes) is 9. The van der Waals surface area contributed by atoms with E-state index >= 15 is 0 Å². The smallest absolute Gasteiger partial charge is 0.185 e. The SMILES string of the molecule is CCCCCCCCCS(=O)(=O)CCCCCCSC(C)=O. The van der Waals surface area contributed by atoms with E-state index in [4.69, 9.17) is 0 Å². The van der Waals surface area contributed by atoms with Gasteiger partial charge in [0.15, 0.2) is 5.12 Å². The lowest BCUT2D eigenvalue weighted by Crippen LogP contribution is -2.11. The second kappa shape index (κ2) is 14.6. The van der Waals surface area contributed by atoms with E-state index in [1.807, 2.05) is 0 Å². The first kappa shape index (κ1) is 22.0. The number of hydrogen-bond acceptors (Lipinski definition) is 4. The van der Waals surface area contributed by atoms with Crippen molar-refractivity contribution in [2.24, 2.45) is 0 Å². The molecule has 0 saturated heterocycles. The van der Waals surface area contributed by atoms with Gasteiger partial charge in [-0.05, 0) is 19.3 Å². The fraction of sp³-hybridized carbons (Fsp3) is 0.941. The Morgan fingerprint density at radius 2 is 1.23 bits per heavy atom. The van der Waals surface area contributed by atoms with Gasteiger partial charge in [-0.3, -0.25) is 4.79 Å². The van der Waals surface area contributed by atoms with E-state index in [1.54, 1.807) is 6.92 Å². The van der Waals surface area contributed by atoms with Crippen molar-refractivity contribution in [3.05, 3.63) is 0 Å². The van der Waals surface area contributed by atoms with Crippen LogP contribution in [0.3, 0.4) is 0 Å². The van der Waals surface area contributed by atoms with Crippen LogP contribution >= 0.6 is 11.8 Å². The van der Waals surface area contributed by atoms with Gasteiger partial charge >= 0.3 is 0 Å². The van der Waals surface area contributed by atoms with Crippen molar-refractivity contribution in [2.45, 2.75) is 84.5 Å². The molecule has 0 aromatic carbocycles. The van der Waals surface area contributed by atoms with Gasteiger partial charge in [-0.15, -0.1) is 0 Å². The standard InChI is InChI=1S/C17H34O3S2/c1-3-4-5-6-7-9-12-15-22(19,20)16-13-10-8-11-14-21-17(2)18/h3-16H2,1-2H3. The normalized spacial score (nSPS) is 11.7. The van der Waals surface area contributed by atoms with Gasteiger partial charge < -0.3 is 0 Å². The fourth-order valence-corrected chi connectivity index (χ4v) is 4.50. The summed E-state index contributed by atoms with van der Waals surface area (Å²) in [4.78, 5) is 10.7. The van der Waals surface area contributed by atoms with Crippen LogP contribution in [0.25, 0.3) is 0 Å². The molecule has 0 radical (unpaired) electrons. The predicted molar refractivity (Wildman–Crippen MR) is 98.3 cm³/mol. The molecular formula is C17H34O3S2. The third-order valence-corrected chi connectivity index (χ3v) is 6.43. The Bertz CT molecular complexity index is 364. The zero-order chi connectivity index (χ0) is 16.7. The Morgan fingerprint density at radius 3 is 1.73 bits per heavy atom. The molecule has 0 rings (SSSR count). The summed E-state index contributed by atoms with van der Waals surface area (Å²) in [7, 11) is -2.84. The number of carbonyl (C=O) groups is 1. The van der Waals surface area contributed by atoms with Crippen LogP contribution in [0.4, 0.5) is 0 Å². The van der Waals surface area contributed by atoms with Crippen molar-refractivity contribution in [3.8, 4) is 0 Å². The van der Waals surface area contributed by atoms with Gasteiger partial charge in [0.05, 0.1) is 11.5 Å². The van der Waals surface area contributed by atoms with Gasteiger partial charge in [0.1, 0.15) is 9.84 Å². The fourth-order valence-electron chi connectivity index (χ4n) is 2.37. The van der Waals surface area contributed by atoms with Crippen molar-refractivity contribution in [3.63, 3.8) is 0 Å². The Balaban J connectivity index is 3.44. The number of hydrogen-bond donors (Lipinski definition) is 0. The molecule has 0 aliphatic heterocycles. The van der Waals surface area contributed by atoms with Crippen molar-refractivity contribution < 1.29 is 13.2 Å². The molecule has 0 aromatic heterocycles. The van der Waals surface area contributed by atoms with Crippen molar-refractivity contribution >= 4 is 26.7 Å². The zero-order valence-electron chi connectivity index (χ0n) is 14.4. The third kappa shape index (κ3) is 16.3. The van der Waals surface area contributed by atoms with E-state index in [0.717, 1.165) is 44.3 Å². The van der Waals surface area contributed by atoms with Gasteiger partial charge in [0, 0.05) is 12.7 Å². The van der Waals surface area contributed by atoms with Gasteiger partial charge in [-0.2, -0.15) is 0 Å². The summed E-state index contributed by atoms with van der Waals surface area (Å²) >= 11 is 1.36. The second-order valence-corrected chi connectivity index (χ2v) is 9.60. The molecule has 0 aromatic rings. The molecule has 5 heteroatoms. The third-order valence-electron chi connectivity index (χ3n) is 3.71. The molecule has 0 atom stereocenters. The molecule has 0 fully saturated rings. The summed E-state index contributed by atoms with van der Waals surface area (Å²) in [6.07, 6.45) is 11.9. The first-order valence-electron chi connectivity index (χ1n) is 8.81. The van der Waals surface area contributed by atoms with Crippen LogP contribution in [0.2, 0.25) is 0 Å². The molecule has 0 bridgehead atoms. The van der Waals surface area contributed by atoms with Gasteiger partial charge in [-0.1, -0.05) is 70.1 Å². The monoisotopic (exact) mass is 350 g/mol. The minimum absolute atomic E-state index is 0.164. The summed E-state index contributed by atoms with van der Waals surface area (Å²) in [5, 5.41) is 0.164. The van der Waals surface area contributed by atoms with Crippen LogP contribution in [0.15, 0.2) is 0 Å². The minimum atomic E-state index is -2.84. The molecule has 0 amide bonds. The van der Waals surface area contributed by atoms with Crippen LogP contribution in [-0.2, 0) is 14.6 Å². The van der Waals surface area contributed by atoms with Crippen molar-refractivity contribution in [1.29, 1.82) is 0 Å². The quantitative estimate of drug-likeness (QED) is 0.390. The average molecular weight is 351 g/mol. The van der Waals surface area contributed by atoms with E-state index < -0.39 is 9.84 Å². The number of sulfone groups is 1. The maximum absolute atomic E-state index is 11.9. The van der Waals surface area contributed by atoms with Gasteiger partial charge in [0.25, 0.3) is 0 Å². The van der Waals surface area contributed by atoms with Gasteiger partial charge in [-0.25, -0.2) is 8.42 Å². The molecule has 22 heavy (non-hydrogen) atoms. The van der Waals surface area contributed by atoms with E-state index in [1.165, 1.54) is 43.9 Å². The van der Waals surface area contributed by atoms with Crippen molar-refractivity contribution in [1.82, 2.24) is 0 Å². The van der Waals surface area contributed by atoms with E-state index in [9.17, 15) is 13.2 Å². The van der Waals surface area contributed by atoms with Crippen LogP contribution in [0.1, 0.15) is 84.5 Å². The van der Waals surface area contributed by atoms with Crippen LogP contribution < -0.4 is 0 Å². The summed E-state index contributed by atoms with van der Waals surface area (Å²) in [6.45, 7) is 3.79. The molecule has 0 N–H and O–H groups in total. The number of thioether (sulfide) groups is 1. The van der Waals surface area contributed by atoms with Crippen LogP contribution in [0, 0.1) is 0 Å². The van der Waals surface area contributed by atoms with E-state index in [0.29, 0.717) is 11.5 Å². The zero-order valence-corrected chi connectivity index (χ0v) is 16.1. The molecule has 0 aliphatic rings. The maximum Gasteiger partial charge on any atom is 0.185 e. The predicted octanol–water partition coefficient (Wildman–Crippen LogP) is 4.99. The molecule has 3 nitrogen and oxygen atoms in total. The second-order valence-electron chi connectivity index (χ2n) is 6.03. The average Bonchev–Trinajstić information content (AvgIpc) is 2.45. The lowest BCUT2D eigenvalue weighted by atomic mass is 10.1. The molecule has 0 saturated carbocycles. The Labute approximate surface area is 141 Å². The summed E-state index contributed by atoms with van der Waals surface area (Å²) in [6, 6.07) is 0. The topological polar surface area (TPSA) is 51.2 Å². The Hall–Kier alpha value is -0.0300. The molecule has 0 spiro atoms. The van der Waals surface area contributed by atoms with Crippen LogP contribution in [0.5, 0.6) is 0 Å². The molecule has 0 aliphatic carbocycles. The van der Waals surface area contributed by atoms with E-state index in [-0.39, 0.29) is 5.12 Å². The highest BCUT2D eigenvalue weighted by Gasteiger charge is 2.09. The minimum Gasteiger partial charge on any atom is -0.288 e. The largest absolute Gasteiger partial charge is 0.288 e. The lowest BCUT2D eigenvalue weighted by Gasteiger charge is -2.05. The van der Waals surface area contributed by atoms with E-state index in [2.05, 4.69) is 6.92 Å². The van der Waals surface area contributed by atoms with Crippen LogP contribution in [-0.4, -0.2) is 30.8 Å². The Morgan fingerprint density at radius 1 is 0.773 bits per heavy atom. The molecule has 0 heterocycles. The Kier molecular flexibility index (Phi) is 14.5. The first-order chi connectivity index (χ1) is 10.5. The first-order valence-corrected chi connectivity index (χ1v) is 11.6. The molecular weight excluding hydrogens is 316 g/mol. The lowest BCUT2D eigenvalue weighted by molar-refractivity contribution is -0.109. The van der Waals surface area contributed by atoms with Crippen molar-refractivity contribution in [2.75, 3.05) is 17.3 Å². The number of rotatable bonds is 15. The highest BCUT2D eigenvalue weighted by molar-refractivity contribution is 8.13. The summed E-state index contributed by atoms with van der Waals surface area (Å²) in [5.74, 6) is 1.56. The summed E-state index contributed by atoms with van der Waals surface area (Å²) in [5.41, 5.74) is 0. The molecule has 0 unspecified atom stereocenters. The number of carbonyl (C=O) groups excluding carboxylic acids is 1. The highest BCUT2D eigenvalue weighted by Crippen LogP contribution is 2.11.